The lowest BCUT2D eigenvalue weighted by molar-refractivity contribution is 0.489. The lowest BCUT2D eigenvalue weighted by Gasteiger charge is -2.13. The molecule has 142 valence electrons. The van der Waals surface area contributed by atoms with Crippen molar-refractivity contribution in [3.8, 4) is 11.4 Å². The molecule has 6 nitrogen and oxygen atoms in total. The van der Waals surface area contributed by atoms with E-state index >= 15 is 0 Å². The summed E-state index contributed by atoms with van der Waals surface area (Å²) in [6.07, 6.45) is 1.47. The molecule has 0 saturated heterocycles. The monoisotopic (exact) mass is 388 g/mol. The Morgan fingerprint density at radius 3 is 2.55 bits per heavy atom. The molecule has 0 unspecified atom stereocenters. The first-order chi connectivity index (χ1) is 14.1. The Morgan fingerprint density at radius 2 is 1.76 bits per heavy atom. The van der Waals surface area contributed by atoms with Crippen LogP contribution in [-0.2, 0) is 6.54 Å². The maximum absolute atomic E-state index is 14.5. The van der Waals surface area contributed by atoms with E-state index in [1.54, 1.807) is 48.5 Å². The summed E-state index contributed by atoms with van der Waals surface area (Å²) >= 11 is 0. The second-order valence-corrected chi connectivity index (χ2v) is 6.49. The number of para-hydroxylation sites is 1. The van der Waals surface area contributed by atoms with Gasteiger partial charge in [0.05, 0.1) is 23.8 Å². The van der Waals surface area contributed by atoms with E-state index in [4.69, 9.17) is 8.83 Å². The normalized spacial score (nSPS) is 11.3. The van der Waals surface area contributed by atoms with Gasteiger partial charge in [-0.1, -0.05) is 24.3 Å². The van der Waals surface area contributed by atoms with Gasteiger partial charge < -0.3 is 8.83 Å². The minimum Gasteiger partial charge on any atom is -0.467 e. The van der Waals surface area contributed by atoms with Crippen LogP contribution in [0.5, 0.6) is 0 Å². The fraction of sp³-hybridized carbons (Fsp3) is 0.0455. The van der Waals surface area contributed by atoms with Crippen LogP contribution in [0.2, 0.25) is 0 Å². The summed E-state index contributed by atoms with van der Waals surface area (Å²) in [5.41, 5.74) is -0.807. The van der Waals surface area contributed by atoms with Crippen molar-refractivity contribution in [3.63, 3.8) is 0 Å². The van der Waals surface area contributed by atoms with Crippen molar-refractivity contribution in [2.75, 3.05) is 0 Å². The lowest BCUT2D eigenvalue weighted by atomic mass is 10.1. The van der Waals surface area contributed by atoms with Crippen LogP contribution in [0.3, 0.4) is 0 Å². The maximum atomic E-state index is 14.5. The third-order valence-electron chi connectivity index (χ3n) is 4.71. The van der Waals surface area contributed by atoms with Crippen molar-refractivity contribution < 1.29 is 13.2 Å². The number of benzene rings is 2. The highest BCUT2D eigenvalue weighted by molar-refractivity contribution is 5.88. The van der Waals surface area contributed by atoms with Crippen LogP contribution in [0.15, 0.2) is 85.4 Å². The molecule has 3 aromatic heterocycles. The highest BCUT2D eigenvalue weighted by Gasteiger charge is 2.21. The first-order valence-electron chi connectivity index (χ1n) is 8.87. The van der Waals surface area contributed by atoms with Gasteiger partial charge in [-0.2, -0.15) is 4.98 Å². The Kier molecular flexibility index (Phi) is 3.87. The van der Waals surface area contributed by atoms with Gasteiger partial charge in [-0.25, -0.2) is 4.39 Å². The van der Waals surface area contributed by atoms with E-state index in [2.05, 4.69) is 4.98 Å². The predicted molar refractivity (Wildman–Crippen MR) is 105 cm³/mol. The van der Waals surface area contributed by atoms with Crippen LogP contribution in [-0.4, -0.2) is 9.55 Å². The summed E-state index contributed by atoms with van der Waals surface area (Å²) in [7, 11) is 0. The number of hydrogen-bond donors (Lipinski definition) is 0. The number of furan rings is 1. The van der Waals surface area contributed by atoms with E-state index in [1.165, 1.54) is 23.0 Å². The zero-order valence-electron chi connectivity index (χ0n) is 15.0. The quantitative estimate of drug-likeness (QED) is 0.437. The molecule has 0 atom stereocenters. The minimum absolute atomic E-state index is 0.00922. The summed E-state index contributed by atoms with van der Waals surface area (Å²) in [6.45, 7) is -0.00922. The Bertz CT molecular complexity index is 1480. The van der Waals surface area contributed by atoms with Crippen molar-refractivity contribution in [2.45, 2.75) is 6.54 Å². The third kappa shape index (κ3) is 2.75. The Balaban J connectivity index is 1.91. The predicted octanol–water partition coefficient (Wildman–Crippen LogP) is 3.95. The van der Waals surface area contributed by atoms with Crippen LogP contribution in [0.25, 0.3) is 33.5 Å². The smallest absolute Gasteiger partial charge is 0.269 e. The molecule has 2 aromatic carbocycles. The SMILES string of the molecule is O=c1c2ccccc2oc2nc(-c3ccccc3F)n(Cc3ccco3)c(=O)c12. The lowest BCUT2D eigenvalue weighted by Crippen LogP contribution is -2.28. The molecule has 0 N–H and O–H groups in total. The molecule has 0 saturated carbocycles. The average molecular weight is 388 g/mol. The molecule has 0 bridgehead atoms. The highest BCUT2D eigenvalue weighted by atomic mass is 19.1. The van der Waals surface area contributed by atoms with Gasteiger partial charge in [0.15, 0.2) is 5.39 Å². The van der Waals surface area contributed by atoms with E-state index in [1.807, 2.05) is 0 Å². The van der Waals surface area contributed by atoms with Crippen molar-refractivity contribution >= 4 is 22.1 Å². The maximum Gasteiger partial charge on any atom is 0.269 e. The summed E-state index contributed by atoms with van der Waals surface area (Å²) in [4.78, 5) is 30.7. The molecule has 0 aliphatic heterocycles. The zero-order chi connectivity index (χ0) is 20.0. The number of hydrogen-bond acceptors (Lipinski definition) is 5. The molecule has 3 heterocycles. The Morgan fingerprint density at radius 1 is 0.966 bits per heavy atom. The van der Waals surface area contributed by atoms with E-state index in [9.17, 15) is 14.0 Å². The van der Waals surface area contributed by atoms with Crippen LogP contribution in [0.1, 0.15) is 5.76 Å². The molecule has 5 aromatic rings. The molecule has 0 amide bonds. The van der Waals surface area contributed by atoms with Crippen LogP contribution < -0.4 is 11.0 Å². The molecular formula is C22H13FN2O4. The van der Waals surface area contributed by atoms with Gasteiger partial charge in [0.1, 0.15) is 23.0 Å². The first kappa shape index (κ1) is 17.1. The minimum atomic E-state index is -0.621. The Labute approximate surface area is 162 Å². The van der Waals surface area contributed by atoms with Gasteiger partial charge >= 0.3 is 0 Å². The van der Waals surface area contributed by atoms with Gasteiger partial charge in [0, 0.05) is 0 Å². The third-order valence-corrected chi connectivity index (χ3v) is 4.71. The number of rotatable bonds is 3. The molecule has 7 heteroatoms. The molecule has 0 aliphatic rings. The van der Waals surface area contributed by atoms with Crippen LogP contribution in [0.4, 0.5) is 4.39 Å². The van der Waals surface area contributed by atoms with E-state index < -0.39 is 16.8 Å². The van der Waals surface area contributed by atoms with Crippen molar-refractivity contribution in [1.82, 2.24) is 9.55 Å². The van der Waals surface area contributed by atoms with E-state index in [0.717, 1.165) is 0 Å². The average Bonchev–Trinajstić information content (AvgIpc) is 3.24. The zero-order valence-corrected chi connectivity index (χ0v) is 15.0. The van der Waals surface area contributed by atoms with Gasteiger partial charge in [-0.3, -0.25) is 14.2 Å². The van der Waals surface area contributed by atoms with E-state index in [0.29, 0.717) is 11.3 Å². The highest BCUT2D eigenvalue weighted by Crippen LogP contribution is 2.23. The summed E-state index contributed by atoms with van der Waals surface area (Å²) in [5.74, 6) is -0.0264. The molecule has 0 fully saturated rings. The van der Waals surface area contributed by atoms with Crippen molar-refractivity contribution in [3.05, 3.63) is 99.1 Å². The summed E-state index contributed by atoms with van der Waals surface area (Å²) in [5, 5.41) is 0.0948. The number of nitrogens with zero attached hydrogens (tertiary/aromatic N) is 2. The van der Waals surface area contributed by atoms with Crippen molar-refractivity contribution in [1.29, 1.82) is 0 Å². The molecule has 29 heavy (non-hydrogen) atoms. The van der Waals surface area contributed by atoms with Crippen LogP contribution in [0, 0.1) is 5.82 Å². The number of fused-ring (bicyclic) bond motifs is 2. The molecule has 5 rings (SSSR count). The van der Waals surface area contributed by atoms with Gasteiger partial charge in [-0.15, -0.1) is 0 Å². The summed E-state index contributed by atoms with van der Waals surface area (Å²) in [6, 6.07) is 16.0. The number of halogens is 1. The molecule has 0 spiro atoms. The van der Waals surface area contributed by atoms with Gasteiger partial charge in [0.25, 0.3) is 5.56 Å². The molecular weight excluding hydrogens is 375 g/mol. The standard InChI is InChI=1S/C22H13FN2O4/c23-16-9-3-1-7-14(16)20-24-21-18(19(26)15-8-2-4-10-17(15)29-21)22(27)25(20)12-13-6-5-11-28-13/h1-11H,12H2. The topological polar surface area (TPSA) is 78.2 Å². The van der Waals surface area contributed by atoms with Crippen LogP contribution >= 0.6 is 0 Å². The second kappa shape index (κ2) is 6.56. The first-order valence-corrected chi connectivity index (χ1v) is 8.87. The van der Waals surface area contributed by atoms with Gasteiger partial charge in [-0.05, 0) is 36.4 Å². The number of aromatic nitrogens is 2. The largest absolute Gasteiger partial charge is 0.467 e. The molecule has 0 radical (unpaired) electrons. The Hall–Kier alpha value is -4.00. The second-order valence-electron chi connectivity index (χ2n) is 6.49. The molecule has 0 aliphatic carbocycles. The fourth-order valence-corrected chi connectivity index (χ4v) is 3.34. The van der Waals surface area contributed by atoms with E-state index in [-0.39, 0.29) is 34.4 Å². The van der Waals surface area contributed by atoms with Gasteiger partial charge in [0.2, 0.25) is 11.1 Å². The summed E-state index contributed by atoms with van der Waals surface area (Å²) < 4.78 is 26.8. The van der Waals surface area contributed by atoms with Crippen molar-refractivity contribution in [2.24, 2.45) is 0 Å². The fourth-order valence-electron chi connectivity index (χ4n) is 3.34.